The van der Waals surface area contributed by atoms with Gasteiger partial charge in [-0.3, -0.25) is 0 Å². The van der Waals surface area contributed by atoms with E-state index in [4.69, 9.17) is 9.15 Å². The van der Waals surface area contributed by atoms with Crippen LogP contribution in [0.4, 0.5) is 4.39 Å². The minimum Gasteiger partial charge on any atom is -0.467 e. The van der Waals surface area contributed by atoms with Crippen LogP contribution in [0.25, 0.3) is 0 Å². The molecule has 0 unspecified atom stereocenters. The molecule has 3 rings (SSSR count). The van der Waals surface area contributed by atoms with Gasteiger partial charge in [-0.25, -0.2) is 9.37 Å². The van der Waals surface area contributed by atoms with Crippen molar-refractivity contribution >= 4 is 0 Å². The van der Waals surface area contributed by atoms with Crippen molar-refractivity contribution in [2.24, 2.45) is 7.05 Å². The third kappa shape index (κ3) is 4.57. The minimum absolute atomic E-state index is 0.137. The van der Waals surface area contributed by atoms with Crippen LogP contribution in [-0.4, -0.2) is 33.9 Å². The topological polar surface area (TPSA) is 72.5 Å². The normalized spacial score (nSPS) is 13.7. The summed E-state index contributed by atoms with van der Waals surface area (Å²) in [6.07, 6.45) is 4.28. The summed E-state index contributed by atoms with van der Waals surface area (Å²) in [6, 6.07) is 9.65. The lowest BCUT2D eigenvalue weighted by atomic mass is 10.1. The Hall–Kier alpha value is -2.48. The Morgan fingerprint density at radius 2 is 2.15 bits per heavy atom. The molecule has 0 aliphatic carbocycles. The number of halogens is 1. The molecule has 2 heterocycles. The van der Waals surface area contributed by atoms with Crippen LogP contribution in [0.1, 0.15) is 23.2 Å². The first-order valence-electron chi connectivity index (χ1n) is 8.38. The summed E-state index contributed by atoms with van der Waals surface area (Å²) in [5, 5.41) is 13.4. The van der Waals surface area contributed by atoms with E-state index in [9.17, 15) is 9.50 Å². The molecule has 7 heteroatoms. The number of rotatable bonds is 9. The number of nitrogens with one attached hydrogen (secondary N) is 1. The van der Waals surface area contributed by atoms with Crippen LogP contribution < -0.4 is 5.32 Å². The fourth-order valence-corrected chi connectivity index (χ4v) is 2.71. The largest absolute Gasteiger partial charge is 0.467 e. The van der Waals surface area contributed by atoms with Crippen LogP contribution in [0.3, 0.4) is 0 Å². The molecule has 0 aliphatic heterocycles. The second kappa shape index (κ2) is 8.75. The summed E-state index contributed by atoms with van der Waals surface area (Å²) in [5.74, 6) is 1.04. The number of aliphatic hydroxyl groups is 1. The van der Waals surface area contributed by atoms with Crippen LogP contribution >= 0.6 is 0 Å². The molecule has 1 aromatic carbocycles. The van der Waals surface area contributed by atoms with Crippen molar-refractivity contribution in [3.05, 3.63) is 78.0 Å². The van der Waals surface area contributed by atoms with E-state index in [-0.39, 0.29) is 19.0 Å². The summed E-state index contributed by atoms with van der Waals surface area (Å²) in [5.41, 5.74) is 0.477. The van der Waals surface area contributed by atoms with E-state index in [1.54, 1.807) is 49.0 Å². The number of aryl methyl sites for hydroxylation is 1. The van der Waals surface area contributed by atoms with Crippen LogP contribution in [0.15, 0.2) is 59.5 Å². The Bertz CT molecular complexity index is 804. The standard InChI is InChI=1S/C19H22FN3O3/c1-23-9-8-21-19(23)18(16-6-2-3-7-17(16)20)22-11-14(24)12-25-13-15-5-4-10-26-15/h2-10,14,18,22,24H,11-13H2,1H3/t14-,18-/m0/s1. The first-order chi connectivity index (χ1) is 12.6. The molecule has 0 saturated carbocycles. The molecule has 2 aromatic heterocycles. The zero-order valence-corrected chi connectivity index (χ0v) is 14.5. The summed E-state index contributed by atoms with van der Waals surface area (Å²) in [4.78, 5) is 4.32. The quantitative estimate of drug-likeness (QED) is 0.614. The molecule has 0 fully saturated rings. The Balaban J connectivity index is 1.61. The van der Waals surface area contributed by atoms with E-state index in [1.807, 2.05) is 11.6 Å². The van der Waals surface area contributed by atoms with Crippen molar-refractivity contribution in [3.8, 4) is 0 Å². The Labute approximate surface area is 151 Å². The predicted molar refractivity (Wildman–Crippen MR) is 93.8 cm³/mol. The van der Waals surface area contributed by atoms with Gasteiger partial charge in [-0.1, -0.05) is 18.2 Å². The molecule has 138 valence electrons. The smallest absolute Gasteiger partial charge is 0.130 e. The molecule has 0 bridgehead atoms. The summed E-state index contributed by atoms with van der Waals surface area (Å²) in [7, 11) is 1.85. The Kier molecular flexibility index (Phi) is 6.17. The lowest BCUT2D eigenvalue weighted by molar-refractivity contribution is 0.0218. The highest BCUT2D eigenvalue weighted by Crippen LogP contribution is 2.23. The second-order valence-corrected chi connectivity index (χ2v) is 6.01. The van der Waals surface area contributed by atoms with Crippen molar-refractivity contribution in [1.29, 1.82) is 0 Å². The molecule has 0 radical (unpaired) electrons. The highest BCUT2D eigenvalue weighted by molar-refractivity contribution is 5.27. The van der Waals surface area contributed by atoms with Crippen molar-refractivity contribution in [2.75, 3.05) is 13.2 Å². The number of aromatic nitrogens is 2. The number of ether oxygens (including phenoxy) is 1. The third-order valence-electron chi connectivity index (χ3n) is 4.03. The van der Waals surface area contributed by atoms with Gasteiger partial charge >= 0.3 is 0 Å². The van der Waals surface area contributed by atoms with Gasteiger partial charge in [0.05, 0.1) is 25.0 Å². The highest BCUT2D eigenvalue weighted by atomic mass is 19.1. The molecule has 0 amide bonds. The highest BCUT2D eigenvalue weighted by Gasteiger charge is 2.22. The van der Waals surface area contributed by atoms with Crippen molar-refractivity contribution < 1.29 is 18.7 Å². The molecule has 0 spiro atoms. The number of furan rings is 1. The van der Waals surface area contributed by atoms with Crippen molar-refractivity contribution in [1.82, 2.24) is 14.9 Å². The lowest BCUT2D eigenvalue weighted by Gasteiger charge is -2.21. The molecule has 26 heavy (non-hydrogen) atoms. The minimum atomic E-state index is -0.750. The molecule has 3 aromatic rings. The number of hydrogen-bond acceptors (Lipinski definition) is 5. The van der Waals surface area contributed by atoms with E-state index in [2.05, 4.69) is 10.3 Å². The maximum absolute atomic E-state index is 14.3. The lowest BCUT2D eigenvalue weighted by Crippen LogP contribution is -2.35. The monoisotopic (exact) mass is 359 g/mol. The summed E-state index contributed by atoms with van der Waals surface area (Å²) >= 11 is 0. The van der Waals surface area contributed by atoms with Crippen LogP contribution in [-0.2, 0) is 18.4 Å². The van der Waals surface area contributed by atoms with Gasteiger partial charge in [0.25, 0.3) is 0 Å². The molecule has 2 atom stereocenters. The molecule has 0 saturated heterocycles. The molecule has 0 aliphatic rings. The number of benzene rings is 1. The predicted octanol–water partition coefficient (Wildman–Crippen LogP) is 2.41. The fourth-order valence-electron chi connectivity index (χ4n) is 2.71. The van der Waals surface area contributed by atoms with Crippen LogP contribution in [0.2, 0.25) is 0 Å². The van der Waals surface area contributed by atoms with Gasteiger partial charge < -0.3 is 24.1 Å². The summed E-state index contributed by atoms with van der Waals surface area (Å²) in [6.45, 7) is 0.655. The SMILES string of the molecule is Cn1ccnc1[C@@H](NC[C@H](O)COCc1ccco1)c1ccccc1F. The van der Waals surface area contributed by atoms with Gasteiger partial charge in [0, 0.05) is 31.5 Å². The second-order valence-electron chi connectivity index (χ2n) is 6.01. The molecule has 2 N–H and O–H groups in total. The van der Waals surface area contributed by atoms with E-state index in [0.717, 1.165) is 0 Å². The van der Waals surface area contributed by atoms with E-state index >= 15 is 0 Å². The van der Waals surface area contributed by atoms with Gasteiger partial charge in [-0.05, 0) is 18.2 Å². The summed E-state index contributed by atoms with van der Waals surface area (Å²) < 4.78 is 26.7. The average Bonchev–Trinajstić information content (AvgIpc) is 3.29. The fraction of sp³-hybridized carbons (Fsp3) is 0.316. The number of hydrogen-bond donors (Lipinski definition) is 2. The average molecular weight is 359 g/mol. The van der Waals surface area contributed by atoms with E-state index in [0.29, 0.717) is 23.8 Å². The van der Waals surface area contributed by atoms with E-state index in [1.165, 1.54) is 6.07 Å². The van der Waals surface area contributed by atoms with Gasteiger partial charge in [-0.2, -0.15) is 0 Å². The van der Waals surface area contributed by atoms with Crippen LogP contribution in [0, 0.1) is 5.82 Å². The molecule has 6 nitrogen and oxygen atoms in total. The van der Waals surface area contributed by atoms with Gasteiger partial charge in [0.1, 0.15) is 24.0 Å². The van der Waals surface area contributed by atoms with Gasteiger partial charge in [0.15, 0.2) is 0 Å². The van der Waals surface area contributed by atoms with Crippen molar-refractivity contribution in [2.45, 2.75) is 18.8 Å². The molecular formula is C19H22FN3O3. The maximum atomic E-state index is 14.3. The zero-order valence-electron chi connectivity index (χ0n) is 14.5. The first-order valence-corrected chi connectivity index (χ1v) is 8.38. The van der Waals surface area contributed by atoms with E-state index < -0.39 is 12.1 Å². The number of aliphatic hydroxyl groups excluding tert-OH is 1. The number of imidazole rings is 1. The maximum Gasteiger partial charge on any atom is 0.130 e. The van der Waals surface area contributed by atoms with Gasteiger partial charge in [0.2, 0.25) is 0 Å². The first kappa shape index (κ1) is 18.3. The number of nitrogens with zero attached hydrogens (tertiary/aromatic N) is 2. The Morgan fingerprint density at radius 1 is 1.31 bits per heavy atom. The molecular weight excluding hydrogens is 337 g/mol. The third-order valence-corrected chi connectivity index (χ3v) is 4.03. The van der Waals surface area contributed by atoms with Crippen molar-refractivity contribution in [3.63, 3.8) is 0 Å². The zero-order chi connectivity index (χ0) is 18.4. The van der Waals surface area contributed by atoms with Crippen LogP contribution in [0.5, 0.6) is 0 Å². The van der Waals surface area contributed by atoms with Gasteiger partial charge in [-0.15, -0.1) is 0 Å². The Morgan fingerprint density at radius 3 is 2.85 bits per heavy atom.